The molecule has 0 amide bonds. The number of methoxy groups -OCH3 is 1. The molecule has 1 unspecified atom stereocenters. The van der Waals surface area contributed by atoms with Crippen molar-refractivity contribution in [2.45, 2.75) is 53.5 Å². The van der Waals surface area contributed by atoms with Gasteiger partial charge in [-0.1, -0.05) is 46.8 Å². The van der Waals surface area contributed by atoms with E-state index >= 15 is 0 Å². The molecule has 0 N–H and O–H groups in total. The summed E-state index contributed by atoms with van der Waals surface area (Å²) in [5, 5.41) is 0. The first-order valence-corrected chi connectivity index (χ1v) is 7.99. The summed E-state index contributed by atoms with van der Waals surface area (Å²) in [5.41, 5.74) is 2.73. The molecule has 1 aromatic rings. The highest BCUT2D eigenvalue weighted by molar-refractivity contribution is 5.39. The molecule has 2 rings (SSSR count). The molecule has 1 aliphatic rings. The van der Waals surface area contributed by atoms with E-state index in [2.05, 4.69) is 43.9 Å². The Balaban J connectivity index is 0.000000956. The van der Waals surface area contributed by atoms with Gasteiger partial charge in [0.25, 0.3) is 0 Å². The highest BCUT2D eigenvalue weighted by Crippen LogP contribution is 2.28. The van der Waals surface area contributed by atoms with E-state index < -0.39 is 0 Å². The molecule has 1 heterocycles. The number of nitrogens with zero attached hydrogens (tertiary/aromatic N) is 1. The maximum atomic E-state index is 5.44. The van der Waals surface area contributed by atoms with Crippen LogP contribution in [0, 0.1) is 5.92 Å². The highest BCUT2D eigenvalue weighted by Gasteiger charge is 2.19. The monoisotopic (exact) mass is 277 g/mol. The lowest BCUT2D eigenvalue weighted by atomic mass is 9.99. The average Bonchev–Trinajstić information content (AvgIpc) is 2.86. The lowest BCUT2D eigenvalue weighted by molar-refractivity contribution is 0.320. The summed E-state index contributed by atoms with van der Waals surface area (Å²) >= 11 is 0. The zero-order valence-electron chi connectivity index (χ0n) is 14.1. The predicted molar refractivity (Wildman–Crippen MR) is 87.5 cm³/mol. The van der Waals surface area contributed by atoms with Crippen LogP contribution in [0.2, 0.25) is 0 Å². The fourth-order valence-electron chi connectivity index (χ4n) is 2.76. The van der Waals surface area contributed by atoms with Crippen LogP contribution in [0.1, 0.15) is 58.1 Å². The Hall–Kier alpha value is -1.02. The van der Waals surface area contributed by atoms with Crippen LogP contribution < -0.4 is 4.74 Å². The first-order chi connectivity index (χ1) is 9.60. The maximum absolute atomic E-state index is 5.44. The fraction of sp³-hybridized carbons (Fsp3) is 0.667. The van der Waals surface area contributed by atoms with Crippen molar-refractivity contribution in [2.75, 3.05) is 20.2 Å². The Morgan fingerprint density at radius 2 is 2.00 bits per heavy atom. The molecule has 1 aromatic carbocycles. The van der Waals surface area contributed by atoms with Crippen LogP contribution in [0.5, 0.6) is 5.75 Å². The first kappa shape index (κ1) is 17.0. The Labute approximate surface area is 125 Å². The van der Waals surface area contributed by atoms with Crippen LogP contribution in [0.4, 0.5) is 0 Å². The van der Waals surface area contributed by atoms with Crippen molar-refractivity contribution in [1.82, 2.24) is 4.90 Å². The summed E-state index contributed by atoms with van der Waals surface area (Å²) in [5.74, 6) is 2.38. The van der Waals surface area contributed by atoms with Gasteiger partial charge >= 0.3 is 0 Å². The molecular weight excluding hydrogens is 246 g/mol. The Bertz CT molecular complexity index is 400. The van der Waals surface area contributed by atoms with Crippen LogP contribution >= 0.6 is 0 Å². The molecule has 1 fully saturated rings. The van der Waals surface area contributed by atoms with E-state index in [9.17, 15) is 0 Å². The smallest absolute Gasteiger partial charge is 0.122 e. The van der Waals surface area contributed by atoms with Gasteiger partial charge in [0.05, 0.1) is 7.11 Å². The Kier molecular flexibility index (Phi) is 7.08. The van der Waals surface area contributed by atoms with Gasteiger partial charge < -0.3 is 4.74 Å². The molecule has 114 valence electrons. The van der Waals surface area contributed by atoms with Gasteiger partial charge in [-0.2, -0.15) is 0 Å². The van der Waals surface area contributed by atoms with Crippen molar-refractivity contribution in [1.29, 1.82) is 0 Å². The van der Waals surface area contributed by atoms with Crippen molar-refractivity contribution >= 4 is 0 Å². The quantitative estimate of drug-likeness (QED) is 0.792. The standard InChI is InChI=1S/C16H25NO.C2H6/c1-12(2)15-9-14(5-6-16(15)18-4)11-17-8-7-13(3)10-17;1-2/h5-6,9,12-13H,7-8,10-11H2,1-4H3;1-2H3. The van der Waals surface area contributed by atoms with Gasteiger partial charge in [-0.3, -0.25) is 4.90 Å². The predicted octanol–water partition coefficient (Wildman–Crippen LogP) is 4.69. The van der Waals surface area contributed by atoms with E-state index in [0.29, 0.717) is 5.92 Å². The lowest BCUT2D eigenvalue weighted by Crippen LogP contribution is -2.19. The summed E-state index contributed by atoms with van der Waals surface area (Å²) in [4.78, 5) is 2.55. The summed E-state index contributed by atoms with van der Waals surface area (Å²) in [6.45, 7) is 14.3. The minimum Gasteiger partial charge on any atom is -0.496 e. The van der Waals surface area contributed by atoms with Crippen LogP contribution in [0.3, 0.4) is 0 Å². The molecule has 2 nitrogen and oxygen atoms in total. The summed E-state index contributed by atoms with van der Waals surface area (Å²) < 4.78 is 5.44. The summed E-state index contributed by atoms with van der Waals surface area (Å²) in [6, 6.07) is 6.63. The van der Waals surface area contributed by atoms with E-state index in [1.165, 1.54) is 30.6 Å². The maximum Gasteiger partial charge on any atom is 0.122 e. The van der Waals surface area contributed by atoms with Crippen molar-refractivity contribution in [3.63, 3.8) is 0 Å². The molecule has 1 saturated heterocycles. The van der Waals surface area contributed by atoms with Gasteiger partial charge in [0.15, 0.2) is 0 Å². The zero-order valence-corrected chi connectivity index (χ0v) is 14.1. The van der Waals surface area contributed by atoms with Gasteiger partial charge in [-0.15, -0.1) is 0 Å². The highest BCUT2D eigenvalue weighted by atomic mass is 16.5. The van der Waals surface area contributed by atoms with Crippen molar-refractivity contribution < 1.29 is 4.74 Å². The second kappa shape index (κ2) is 8.31. The van der Waals surface area contributed by atoms with Crippen LogP contribution in [-0.2, 0) is 6.54 Å². The van der Waals surface area contributed by atoms with Crippen molar-refractivity contribution in [2.24, 2.45) is 5.92 Å². The third kappa shape index (κ3) is 4.52. The summed E-state index contributed by atoms with van der Waals surface area (Å²) in [7, 11) is 1.75. The second-order valence-electron chi connectivity index (χ2n) is 5.86. The lowest BCUT2D eigenvalue weighted by Gasteiger charge is -2.18. The fourth-order valence-corrected chi connectivity index (χ4v) is 2.76. The van der Waals surface area contributed by atoms with E-state index in [4.69, 9.17) is 4.74 Å². The Morgan fingerprint density at radius 3 is 2.50 bits per heavy atom. The third-order valence-corrected chi connectivity index (χ3v) is 3.83. The largest absolute Gasteiger partial charge is 0.496 e. The minimum absolute atomic E-state index is 0.511. The van der Waals surface area contributed by atoms with Gasteiger partial charge in [0.2, 0.25) is 0 Å². The first-order valence-electron chi connectivity index (χ1n) is 7.99. The average molecular weight is 277 g/mol. The van der Waals surface area contributed by atoms with Crippen LogP contribution in [0.15, 0.2) is 18.2 Å². The second-order valence-corrected chi connectivity index (χ2v) is 5.86. The van der Waals surface area contributed by atoms with Gasteiger partial charge in [-0.05, 0) is 42.0 Å². The Morgan fingerprint density at radius 1 is 1.30 bits per heavy atom. The molecule has 0 spiro atoms. The van der Waals surface area contributed by atoms with Crippen molar-refractivity contribution in [3.8, 4) is 5.75 Å². The number of likely N-dealkylation sites (tertiary alicyclic amines) is 1. The summed E-state index contributed by atoms with van der Waals surface area (Å²) in [6.07, 6.45) is 1.34. The number of benzene rings is 1. The molecule has 0 aromatic heterocycles. The molecule has 0 saturated carbocycles. The number of ether oxygens (including phenoxy) is 1. The number of hydrogen-bond donors (Lipinski definition) is 0. The molecule has 20 heavy (non-hydrogen) atoms. The molecule has 0 radical (unpaired) electrons. The van der Waals surface area contributed by atoms with Gasteiger partial charge in [0, 0.05) is 13.1 Å². The third-order valence-electron chi connectivity index (χ3n) is 3.83. The van der Waals surface area contributed by atoms with Gasteiger partial charge in [0.1, 0.15) is 5.75 Å². The van der Waals surface area contributed by atoms with Crippen molar-refractivity contribution in [3.05, 3.63) is 29.3 Å². The molecule has 1 atom stereocenters. The SMILES string of the molecule is CC.COc1ccc(CN2CCC(C)C2)cc1C(C)C. The van der Waals surface area contributed by atoms with Crippen LogP contribution in [0.25, 0.3) is 0 Å². The van der Waals surface area contributed by atoms with Crippen LogP contribution in [-0.4, -0.2) is 25.1 Å². The van der Waals surface area contributed by atoms with E-state index in [1.54, 1.807) is 7.11 Å². The van der Waals surface area contributed by atoms with E-state index in [-0.39, 0.29) is 0 Å². The molecule has 0 aliphatic carbocycles. The van der Waals surface area contributed by atoms with Gasteiger partial charge in [-0.25, -0.2) is 0 Å². The molecular formula is C18H31NO. The molecule has 2 heteroatoms. The molecule has 1 aliphatic heterocycles. The minimum atomic E-state index is 0.511. The molecule has 0 bridgehead atoms. The number of rotatable bonds is 4. The zero-order chi connectivity index (χ0) is 15.1. The topological polar surface area (TPSA) is 12.5 Å². The van der Waals surface area contributed by atoms with E-state index in [1.807, 2.05) is 13.8 Å². The number of hydrogen-bond acceptors (Lipinski definition) is 2. The van der Waals surface area contributed by atoms with E-state index in [0.717, 1.165) is 18.2 Å². The normalized spacial score (nSPS) is 18.9.